The molecule has 0 fully saturated rings. The fourth-order valence-electron chi connectivity index (χ4n) is 1.56. The summed E-state index contributed by atoms with van der Waals surface area (Å²) < 4.78 is 1.74. The van der Waals surface area contributed by atoms with Gasteiger partial charge in [0, 0.05) is 18.9 Å². The third-order valence-corrected chi connectivity index (χ3v) is 2.50. The largest absolute Gasteiger partial charge is 0.265 e. The molecule has 2 heterocycles. The predicted molar refractivity (Wildman–Crippen MR) is 63.2 cm³/mol. The standard InChI is InChI=1S/C11H13ClN4/c1-3-4-8-7-10(12)15-11(14-8)9-5-6-13-16(9)2/h5-7H,3-4H2,1-2H3. The van der Waals surface area contributed by atoms with E-state index in [1.807, 2.05) is 19.2 Å². The maximum absolute atomic E-state index is 5.97. The third-order valence-electron chi connectivity index (χ3n) is 2.30. The van der Waals surface area contributed by atoms with E-state index in [-0.39, 0.29) is 0 Å². The van der Waals surface area contributed by atoms with Gasteiger partial charge in [-0.05, 0) is 18.6 Å². The molecule has 0 aliphatic heterocycles. The smallest absolute Gasteiger partial charge is 0.179 e. The van der Waals surface area contributed by atoms with Crippen molar-refractivity contribution in [3.63, 3.8) is 0 Å². The number of hydrogen-bond acceptors (Lipinski definition) is 3. The van der Waals surface area contributed by atoms with Crippen LogP contribution in [0, 0.1) is 0 Å². The highest BCUT2D eigenvalue weighted by Crippen LogP contribution is 2.17. The molecule has 0 spiro atoms. The molecule has 0 saturated heterocycles. The molecular formula is C11H13ClN4. The minimum Gasteiger partial charge on any atom is -0.265 e. The Morgan fingerprint density at radius 3 is 2.81 bits per heavy atom. The lowest BCUT2D eigenvalue weighted by atomic mass is 10.2. The first-order valence-electron chi connectivity index (χ1n) is 5.22. The highest BCUT2D eigenvalue weighted by atomic mass is 35.5. The fraction of sp³-hybridized carbons (Fsp3) is 0.364. The molecule has 2 aromatic heterocycles. The van der Waals surface area contributed by atoms with E-state index >= 15 is 0 Å². The van der Waals surface area contributed by atoms with Crippen LogP contribution in [0.1, 0.15) is 19.0 Å². The number of hydrogen-bond donors (Lipinski definition) is 0. The second-order valence-electron chi connectivity index (χ2n) is 3.60. The van der Waals surface area contributed by atoms with Crippen molar-refractivity contribution in [1.29, 1.82) is 0 Å². The molecule has 5 heteroatoms. The number of halogens is 1. The summed E-state index contributed by atoms with van der Waals surface area (Å²) in [4.78, 5) is 8.68. The van der Waals surface area contributed by atoms with Crippen molar-refractivity contribution < 1.29 is 0 Å². The molecule has 0 aliphatic carbocycles. The van der Waals surface area contributed by atoms with Crippen LogP contribution in [0.2, 0.25) is 5.15 Å². The van der Waals surface area contributed by atoms with Crippen LogP contribution < -0.4 is 0 Å². The maximum Gasteiger partial charge on any atom is 0.179 e. The van der Waals surface area contributed by atoms with Gasteiger partial charge in [0.2, 0.25) is 0 Å². The van der Waals surface area contributed by atoms with Gasteiger partial charge in [-0.2, -0.15) is 5.10 Å². The van der Waals surface area contributed by atoms with Gasteiger partial charge in [0.1, 0.15) is 10.8 Å². The zero-order chi connectivity index (χ0) is 11.5. The Hall–Kier alpha value is -1.42. The normalized spacial score (nSPS) is 10.7. The van der Waals surface area contributed by atoms with Crippen LogP contribution in [0.15, 0.2) is 18.3 Å². The molecule has 2 rings (SSSR count). The highest BCUT2D eigenvalue weighted by molar-refractivity contribution is 6.29. The first-order valence-corrected chi connectivity index (χ1v) is 5.60. The summed E-state index contributed by atoms with van der Waals surface area (Å²) in [5.41, 5.74) is 1.85. The minimum absolute atomic E-state index is 0.481. The van der Waals surface area contributed by atoms with Crippen LogP contribution in [0.25, 0.3) is 11.5 Å². The Bertz CT molecular complexity index is 492. The van der Waals surface area contributed by atoms with Crippen molar-refractivity contribution >= 4 is 11.6 Å². The van der Waals surface area contributed by atoms with E-state index in [4.69, 9.17) is 11.6 Å². The van der Waals surface area contributed by atoms with E-state index in [0.29, 0.717) is 11.0 Å². The van der Waals surface area contributed by atoms with Gasteiger partial charge in [0.15, 0.2) is 5.82 Å². The molecule has 0 bridgehead atoms. The molecule has 0 aliphatic rings. The zero-order valence-corrected chi connectivity index (χ0v) is 10.1. The van der Waals surface area contributed by atoms with Crippen molar-refractivity contribution in [1.82, 2.24) is 19.7 Å². The van der Waals surface area contributed by atoms with E-state index in [2.05, 4.69) is 22.0 Å². The van der Waals surface area contributed by atoms with Crippen LogP contribution >= 0.6 is 11.6 Å². The Kier molecular flexibility index (Phi) is 3.19. The van der Waals surface area contributed by atoms with Crippen LogP contribution in [0.4, 0.5) is 0 Å². The van der Waals surface area contributed by atoms with Crippen LogP contribution in [0.3, 0.4) is 0 Å². The summed E-state index contributed by atoms with van der Waals surface area (Å²) in [5, 5.41) is 4.57. The summed E-state index contributed by atoms with van der Waals surface area (Å²) >= 11 is 5.97. The Balaban J connectivity index is 2.45. The quantitative estimate of drug-likeness (QED) is 0.769. The van der Waals surface area contributed by atoms with E-state index in [1.54, 1.807) is 10.9 Å². The lowest BCUT2D eigenvalue weighted by Crippen LogP contribution is -2.00. The molecule has 0 radical (unpaired) electrons. The SMILES string of the molecule is CCCc1cc(Cl)nc(-c2ccnn2C)n1. The van der Waals surface area contributed by atoms with Gasteiger partial charge in [0.25, 0.3) is 0 Å². The summed E-state index contributed by atoms with van der Waals surface area (Å²) in [5.74, 6) is 0.635. The van der Waals surface area contributed by atoms with Gasteiger partial charge in [-0.1, -0.05) is 24.9 Å². The number of nitrogens with zero attached hydrogens (tertiary/aromatic N) is 4. The Morgan fingerprint density at radius 2 is 2.19 bits per heavy atom. The van der Waals surface area contributed by atoms with Crippen LogP contribution in [-0.4, -0.2) is 19.7 Å². The lowest BCUT2D eigenvalue weighted by Gasteiger charge is -2.04. The van der Waals surface area contributed by atoms with Gasteiger partial charge >= 0.3 is 0 Å². The zero-order valence-electron chi connectivity index (χ0n) is 9.31. The second-order valence-corrected chi connectivity index (χ2v) is 3.98. The highest BCUT2D eigenvalue weighted by Gasteiger charge is 2.08. The van der Waals surface area contributed by atoms with Gasteiger partial charge in [-0.25, -0.2) is 9.97 Å². The molecule has 2 aromatic rings. The third kappa shape index (κ3) is 2.22. The summed E-state index contributed by atoms with van der Waals surface area (Å²) in [7, 11) is 1.86. The van der Waals surface area contributed by atoms with E-state index in [1.165, 1.54) is 0 Å². The average Bonchev–Trinajstić information content (AvgIpc) is 2.64. The molecule has 0 saturated carbocycles. The van der Waals surface area contributed by atoms with E-state index in [0.717, 1.165) is 24.2 Å². The van der Waals surface area contributed by atoms with Gasteiger partial charge in [-0.3, -0.25) is 4.68 Å². The molecule has 0 unspecified atom stereocenters. The molecule has 0 atom stereocenters. The van der Waals surface area contributed by atoms with Gasteiger partial charge in [-0.15, -0.1) is 0 Å². The van der Waals surface area contributed by atoms with E-state index < -0.39 is 0 Å². The second kappa shape index (κ2) is 4.61. The monoisotopic (exact) mass is 236 g/mol. The Labute approximate surface area is 99.3 Å². The summed E-state index contributed by atoms with van der Waals surface area (Å²) in [6.45, 7) is 2.11. The Morgan fingerprint density at radius 1 is 1.38 bits per heavy atom. The molecule has 16 heavy (non-hydrogen) atoms. The van der Waals surface area contributed by atoms with Crippen molar-refractivity contribution in [3.05, 3.63) is 29.2 Å². The van der Waals surface area contributed by atoms with Crippen molar-refractivity contribution in [3.8, 4) is 11.5 Å². The first kappa shape index (κ1) is 11.1. The molecule has 0 N–H and O–H groups in total. The van der Waals surface area contributed by atoms with Crippen molar-refractivity contribution in [2.24, 2.45) is 7.05 Å². The van der Waals surface area contributed by atoms with Crippen molar-refractivity contribution in [2.45, 2.75) is 19.8 Å². The predicted octanol–water partition coefficient (Wildman–Crippen LogP) is 2.48. The lowest BCUT2D eigenvalue weighted by molar-refractivity contribution is 0.767. The molecule has 0 aromatic carbocycles. The topological polar surface area (TPSA) is 43.6 Å². The van der Waals surface area contributed by atoms with Crippen LogP contribution in [-0.2, 0) is 13.5 Å². The number of rotatable bonds is 3. The summed E-state index contributed by atoms with van der Waals surface area (Å²) in [6.07, 6.45) is 3.67. The van der Waals surface area contributed by atoms with E-state index in [9.17, 15) is 0 Å². The fourth-order valence-corrected chi connectivity index (χ4v) is 1.76. The van der Waals surface area contributed by atoms with Gasteiger partial charge < -0.3 is 0 Å². The first-order chi connectivity index (χ1) is 7.70. The molecular weight excluding hydrogens is 224 g/mol. The summed E-state index contributed by atoms with van der Waals surface area (Å²) in [6, 6.07) is 3.69. The molecule has 84 valence electrons. The van der Waals surface area contributed by atoms with Crippen LogP contribution in [0.5, 0.6) is 0 Å². The van der Waals surface area contributed by atoms with Gasteiger partial charge in [0.05, 0.1) is 0 Å². The number of aromatic nitrogens is 4. The number of aryl methyl sites for hydroxylation is 2. The minimum atomic E-state index is 0.481. The average molecular weight is 237 g/mol. The maximum atomic E-state index is 5.97. The molecule has 0 amide bonds. The molecule has 4 nitrogen and oxygen atoms in total. The van der Waals surface area contributed by atoms with Crippen molar-refractivity contribution in [2.75, 3.05) is 0 Å².